The number of pyridine rings is 2. The highest BCUT2D eigenvalue weighted by Crippen LogP contribution is 2.25. The maximum absolute atomic E-state index is 13.1. The van der Waals surface area contributed by atoms with Crippen LogP contribution in [-0.4, -0.2) is 46.1 Å². The highest BCUT2D eigenvalue weighted by molar-refractivity contribution is 6.06. The van der Waals surface area contributed by atoms with Crippen molar-refractivity contribution in [2.24, 2.45) is 0 Å². The molecule has 2 aromatic heterocycles. The van der Waals surface area contributed by atoms with Gasteiger partial charge in [-0.1, -0.05) is 24.3 Å². The van der Waals surface area contributed by atoms with Gasteiger partial charge in [0.15, 0.2) is 5.84 Å². The summed E-state index contributed by atoms with van der Waals surface area (Å²) in [6, 6.07) is 12.8. The monoisotopic (exact) mass is 450 g/mol. The van der Waals surface area contributed by atoms with Crippen LogP contribution < -0.4 is 5.32 Å². The van der Waals surface area contributed by atoms with Crippen LogP contribution in [0.15, 0.2) is 54.7 Å². The van der Waals surface area contributed by atoms with Crippen molar-refractivity contribution in [3.8, 4) is 11.1 Å². The molecule has 8 nitrogen and oxygen atoms in total. The molecule has 33 heavy (non-hydrogen) atoms. The van der Waals surface area contributed by atoms with Gasteiger partial charge in [-0.15, -0.1) is 0 Å². The van der Waals surface area contributed by atoms with Gasteiger partial charge >= 0.3 is 0 Å². The second-order valence-electron chi connectivity index (χ2n) is 7.23. The first kappa shape index (κ1) is 22.2. The molecular formula is C23H20F2N6O2. The summed E-state index contributed by atoms with van der Waals surface area (Å²) in [6.45, 7) is 0.625. The van der Waals surface area contributed by atoms with E-state index in [2.05, 4.69) is 15.3 Å². The van der Waals surface area contributed by atoms with Gasteiger partial charge in [-0.25, -0.2) is 13.8 Å². The second-order valence-corrected chi connectivity index (χ2v) is 7.23. The standard InChI is InChI=1S/C23H20F2N6O2/c24-21(25)18-7-6-15(11-28-18)14-4-5-16-12-33-9-8-31(13-26)22(27)19-2-1-3-20(29-19)30-23(32)17(16)10-14/h1-7,10-11,13,21,26-27H,8-9,12H2,(H,29,30,32). The first-order valence-electron chi connectivity index (χ1n) is 10.1. The smallest absolute Gasteiger partial charge is 0.280 e. The maximum atomic E-state index is 13.1. The largest absolute Gasteiger partial charge is 0.375 e. The summed E-state index contributed by atoms with van der Waals surface area (Å²) in [5.41, 5.74) is 2.18. The first-order valence-corrected chi connectivity index (χ1v) is 10.1. The van der Waals surface area contributed by atoms with Crippen molar-refractivity contribution in [1.29, 1.82) is 10.8 Å². The molecule has 0 saturated carbocycles. The van der Waals surface area contributed by atoms with Gasteiger partial charge in [0.25, 0.3) is 12.3 Å². The van der Waals surface area contributed by atoms with Gasteiger partial charge in [0, 0.05) is 23.9 Å². The third kappa shape index (κ3) is 4.90. The summed E-state index contributed by atoms with van der Waals surface area (Å²) in [6.07, 6.45) is -0.276. The van der Waals surface area contributed by atoms with Gasteiger partial charge in [-0.2, -0.15) is 0 Å². The van der Waals surface area contributed by atoms with Gasteiger partial charge in [0.05, 0.1) is 19.6 Å². The molecule has 1 aliphatic heterocycles. The minimum Gasteiger partial charge on any atom is -0.375 e. The Hall–Kier alpha value is -4.05. The van der Waals surface area contributed by atoms with Crippen LogP contribution in [0.5, 0.6) is 0 Å². The van der Waals surface area contributed by atoms with Crippen LogP contribution in [0.2, 0.25) is 0 Å². The lowest BCUT2D eigenvalue weighted by Crippen LogP contribution is -2.33. The zero-order valence-corrected chi connectivity index (χ0v) is 17.4. The van der Waals surface area contributed by atoms with Crippen molar-refractivity contribution < 1.29 is 18.3 Å². The second kappa shape index (κ2) is 9.61. The zero-order chi connectivity index (χ0) is 23.4. The van der Waals surface area contributed by atoms with Gasteiger partial charge in [-0.3, -0.25) is 20.6 Å². The van der Waals surface area contributed by atoms with E-state index in [0.29, 0.717) is 27.9 Å². The van der Waals surface area contributed by atoms with E-state index in [1.54, 1.807) is 36.4 Å². The maximum Gasteiger partial charge on any atom is 0.280 e. The molecule has 0 aliphatic carbocycles. The number of carbonyl (C=O) groups is 1. The fraction of sp³-hybridized carbons (Fsp3) is 0.174. The molecule has 2 bridgehead atoms. The number of amides is 1. The van der Waals surface area contributed by atoms with Crippen molar-refractivity contribution in [2.45, 2.75) is 13.0 Å². The number of aromatic nitrogens is 2. The molecule has 0 spiro atoms. The lowest BCUT2D eigenvalue weighted by Gasteiger charge is -2.19. The summed E-state index contributed by atoms with van der Waals surface area (Å²) in [5.74, 6) is -0.151. The minimum atomic E-state index is -2.66. The predicted octanol–water partition coefficient (Wildman–Crippen LogP) is 4.10. The summed E-state index contributed by atoms with van der Waals surface area (Å²) in [5, 5.41) is 18.6. The molecule has 3 N–H and O–H groups in total. The highest BCUT2D eigenvalue weighted by Gasteiger charge is 2.18. The molecule has 4 rings (SSSR count). The summed E-state index contributed by atoms with van der Waals surface area (Å²) >= 11 is 0. The highest BCUT2D eigenvalue weighted by atomic mass is 19.3. The Morgan fingerprint density at radius 3 is 2.70 bits per heavy atom. The van der Waals surface area contributed by atoms with Crippen molar-refractivity contribution >= 4 is 23.9 Å². The van der Waals surface area contributed by atoms with Crippen LogP contribution >= 0.6 is 0 Å². The lowest BCUT2D eigenvalue weighted by molar-refractivity contribution is 0.100. The Morgan fingerprint density at radius 2 is 1.97 bits per heavy atom. The van der Waals surface area contributed by atoms with Gasteiger partial charge in [0.1, 0.15) is 17.2 Å². The number of benzene rings is 1. The first-order chi connectivity index (χ1) is 16.0. The van der Waals surface area contributed by atoms with Crippen molar-refractivity contribution in [3.63, 3.8) is 0 Å². The van der Waals surface area contributed by atoms with Gasteiger partial charge in [-0.05, 0) is 35.4 Å². The SMILES string of the molecule is N=CN1CCOCc2ccc(-c3ccc(C(F)F)nc3)cc2C(=O)Nc2cccc(n2)C1=N. The molecule has 0 atom stereocenters. The van der Waals surface area contributed by atoms with Gasteiger partial charge in [0.2, 0.25) is 0 Å². The number of nitrogens with zero attached hydrogens (tertiary/aromatic N) is 3. The lowest BCUT2D eigenvalue weighted by atomic mass is 9.99. The van der Waals surface area contributed by atoms with E-state index in [1.807, 2.05) is 0 Å². The van der Waals surface area contributed by atoms with Crippen LogP contribution in [0.25, 0.3) is 11.1 Å². The Kier molecular flexibility index (Phi) is 6.45. The van der Waals surface area contributed by atoms with E-state index in [1.165, 1.54) is 23.2 Å². The zero-order valence-electron chi connectivity index (χ0n) is 17.4. The number of hydrogen-bond acceptors (Lipinski definition) is 6. The fourth-order valence-electron chi connectivity index (χ4n) is 3.35. The molecular weight excluding hydrogens is 430 g/mol. The van der Waals surface area contributed by atoms with Crippen molar-refractivity contribution in [1.82, 2.24) is 14.9 Å². The molecule has 1 aliphatic rings. The summed E-state index contributed by atoms with van der Waals surface area (Å²) < 4.78 is 31.3. The number of rotatable bonds is 3. The Morgan fingerprint density at radius 1 is 1.15 bits per heavy atom. The number of alkyl halides is 2. The molecule has 3 aromatic rings. The number of fused-ring (bicyclic) bond motifs is 3. The van der Waals surface area contributed by atoms with Crippen LogP contribution in [0.3, 0.4) is 0 Å². The van der Waals surface area contributed by atoms with Crippen LogP contribution in [0.4, 0.5) is 14.6 Å². The number of anilines is 1. The van der Waals surface area contributed by atoms with E-state index in [0.717, 1.165) is 6.34 Å². The number of halogens is 2. The normalized spacial score (nSPS) is 14.6. The third-order valence-corrected chi connectivity index (χ3v) is 5.11. The van der Waals surface area contributed by atoms with E-state index in [9.17, 15) is 13.6 Å². The van der Waals surface area contributed by atoms with Crippen molar-refractivity contribution in [3.05, 3.63) is 77.2 Å². The molecule has 0 saturated heterocycles. The third-order valence-electron chi connectivity index (χ3n) is 5.11. The molecule has 0 radical (unpaired) electrons. The average molecular weight is 450 g/mol. The van der Waals surface area contributed by atoms with Crippen LogP contribution in [0.1, 0.15) is 33.7 Å². The Labute approximate surface area is 188 Å². The average Bonchev–Trinajstić information content (AvgIpc) is 2.84. The van der Waals surface area contributed by atoms with E-state index in [-0.39, 0.29) is 37.1 Å². The molecule has 168 valence electrons. The van der Waals surface area contributed by atoms with Crippen molar-refractivity contribution in [2.75, 3.05) is 18.5 Å². The predicted molar refractivity (Wildman–Crippen MR) is 119 cm³/mol. The molecule has 0 unspecified atom stereocenters. The number of amidine groups is 1. The molecule has 10 heteroatoms. The molecule has 1 amide bonds. The van der Waals surface area contributed by atoms with E-state index < -0.39 is 12.3 Å². The number of nitrogens with one attached hydrogen (secondary N) is 3. The minimum absolute atomic E-state index is 0.0171. The molecule has 0 fully saturated rings. The number of ether oxygens (including phenoxy) is 1. The van der Waals surface area contributed by atoms with Gasteiger partial charge < -0.3 is 15.0 Å². The quantitative estimate of drug-likeness (QED) is 0.411. The molecule has 1 aromatic carbocycles. The fourth-order valence-corrected chi connectivity index (χ4v) is 3.35. The summed E-state index contributed by atoms with van der Waals surface area (Å²) in [4.78, 5) is 22.6. The van der Waals surface area contributed by atoms with E-state index in [4.69, 9.17) is 15.6 Å². The summed E-state index contributed by atoms with van der Waals surface area (Å²) in [7, 11) is 0. The van der Waals surface area contributed by atoms with Crippen LogP contribution in [-0.2, 0) is 11.3 Å². The molecule has 3 heterocycles. The van der Waals surface area contributed by atoms with Crippen LogP contribution in [0, 0.1) is 10.8 Å². The number of carbonyl (C=O) groups excluding carboxylic acids is 1. The number of hydrogen-bond donors (Lipinski definition) is 3. The topological polar surface area (TPSA) is 115 Å². The Balaban J connectivity index is 1.71. The van der Waals surface area contributed by atoms with E-state index >= 15 is 0 Å². The Bertz CT molecular complexity index is 1200.